The van der Waals surface area contributed by atoms with E-state index in [1.165, 1.54) is 32.8 Å². The first kappa shape index (κ1) is 20.9. The fraction of sp³-hybridized carbons (Fsp3) is 0. The minimum absolute atomic E-state index is 0.00141. The third-order valence-corrected chi connectivity index (χ3v) is 8.58. The van der Waals surface area contributed by atoms with Gasteiger partial charge in [-0.2, -0.15) is 0 Å². The fourth-order valence-corrected chi connectivity index (χ4v) is 7.05. The molecule has 0 atom stereocenters. The van der Waals surface area contributed by atoms with Gasteiger partial charge in [-0.1, -0.05) is 91.0 Å². The molecule has 180 valence electrons. The molecule has 0 saturated carbocycles. The molecule has 1 aromatic heterocycles. The van der Waals surface area contributed by atoms with Gasteiger partial charge >= 0.3 is 0 Å². The number of rotatable bonds is 1. The average molecular weight is 496 g/mol. The third kappa shape index (κ3) is 2.60. The molecule has 0 radical (unpaired) electrons. The normalized spacial score (nSPS) is 13.1. The first-order chi connectivity index (χ1) is 19.3. The van der Waals surface area contributed by atoms with E-state index in [0.29, 0.717) is 0 Å². The van der Waals surface area contributed by atoms with Gasteiger partial charge in [-0.3, -0.25) is 9.36 Å². The molecule has 0 bridgehead atoms. The molecular formula is C35H21BN2O. The van der Waals surface area contributed by atoms with Crippen molar-refractivity contribution in [2.75, 3.05) is 4.90 Å². The quantitative estimate of drug-likeness (QED) is 0.209. The molecule has 3 nitrogen and oxygen atoms in total. The summed E-state index contributed by atoms with van der Waals surface area (Å²) < 4.78 is 1.97. The number of anilines is 3. The van der Waals surface area contributed by atoms with Crippen LogP contribution in [0.2, 0.25) is 0 Å². The van der Waals surface area contributed by atoms with Gasteiger partial charge in [-0.05, 0) is 68.9 Å². The van der Waals surface area contributed by atoms with Crippen LogP contribution in [0.1, 0.15) is 0 Å². The molecule has 0 amide bonds. The largest absolute Gasteiger partial charge is 0.311 e. The first-order valence-corrected chi connectivity index (χ1v) is 13.4. The van der Waals surface area contributed by atoms with Crippen molar-refractivity contribution in [2.24, 2.45) is 0 Å². The minimum Gasteiger partial charge on any atom is -0.311 e. The fourth-order valence-electron chi connectivity index (χ4n) is 7.05. The second-order valence-corrected chi connectivity index (χ2v) is 10.5. The van der Waals surface area contributed by atoms with E-state index < -0.39 is 0 Å². The monoisotopic (exact) mass is 496 g/mol. The summed E-state index contributed by atoms with van der Waals surface area (Å²) in [4.78, 5) is 16.6. The Hall–Kier alpha value is -5.09. The molecule has 0 saturated heterocycles. The summed E-state index contributed by atoms with van der Waals surface area (Å²) >= 11 is 0. The lowest BCUT2D eigenvalue weighted by molar-refractivity contribution is 1.07. The smallest absolute Gasteiger partial charge is 0.263 e. The molecule has 0 aliphatic carbocycles. The Morgan fingerprint density at radius 3 is 2.03 bits per heavy atom. The molecule has 39 heavy (non-hydrogen) atoms. The number of para-hydroxylation sites is 2. The molecule has 0 unspecified atom stereocenters. The van der Waals surface area contributed by atoms with Gasteiger partial charge in [0.05, 0.1) is 5.52 Å². The molecule has 3 heterocycles. The number of aromatic nitrogens is 1. The summed E-state index contributed by atoms with van der Waals surface area (Å²) in [6.45, 7) is 0.00141. The lowest BCUT2D eigenvalue weighted by atomic mass is 9.33. The summed E-state index contributed by atoms with van der Waals surface area (Å²) in [6.07, 6.45) is 0. The Labute approximate surface area is 225 Å². The van der Waals surface area contributed by atoms with Crippen LogP contribution in [0.15, 0.2) is 132 Å². The SMILES string of the molecule is O=c1c2ccccc2c2ccc3c4c2n1-c1ccccc1B4c1c(ccc2ccccc12)N3c1ccccc1. The summed E-state index contributed by atoms with van der Waals surface area (Å²) in [6, 6.07) is 44.7. The zero-order chi connectivity index (χ0) is 25.7. The van der Waals surface area contributed by atoms with Crippen LogP contribution in [0.4, 0.5) is 17.1 Å². The van der Waals surface area contributed by atoms with Crippen molar-refractivity contribution in [1.29, 1.82) is 0 Å². The summed E-state index contributed by atoms with van der Waals surface area (Å²) in [5.74, 6) is 0. The third-order valence-electron chi connectivity index (χ3n) is 8.58. The molecule has 7 aromatic rings. The Bertz CT molecular complexity index is 2220. The molecule has 9 rings (SSSR count). The van der Waals surface area contributed by atoms with Crippen molar-refractivity contribution in [3.8, 4) is 5.69 Å². The van der Waals surface area contributed by atoms with Crippen LogP contribution in [-0.4, -0.2) is 11.3 Å². The molecule has 0 N–H and O–H groups in total. The van der Waals surface area contributed by atoms with Gasteiger partial charge in [0.25, 0.3) is 12.3 Å². The van der Waals surface area contributed by atoms with Crippen LogP contribution in [-0.2, 0) is 0 Å². The van der Waals surface area contributed by atoms with Gasteiger partial charge in [-0.25, -0.2) is 0 Å². The van der Waals surface area contributed by atoms with Crippen molar-refractivity contribution in [3.05, 3.63) is 138 Å². The van der Waals surface area contributed by atoms with Crippen molar-refractivity contribution in [3.63, 3.8) is 0 Å². The Kier molecular flexibility index (Phi) is 4.02. The van der Waals surface area contributed by atoms with Gasteiger partial charge in [0, 0.05) is 33.5 Å². The van der Waals surface area contributed by atoms with Gasteiger partial charge < -0.3 is 4.90 Å². The lowest BCUT2D eigenvalue weighted by Crippen LogP contribution is -2.61. The van der Waals surface area contributed by atoms with Crippen LogP contribution in [0.3, 0.4) is 0 Å². The van der Waals surface area contributed by atoms with Gasteiger partial charge in [0.2, 0.25) is 0 Å². The summed E-state index contributed by atoms with van der Waals surface area (Å²) in [5, 5.41) is 5.33. The second-order valence-electron chi connectivity index (χ2n) is 10.5. The van der Waals surface area contributed by atoms with E-state index in [2.05, 4.69) is 108 Å². The number of benzene rings is 6. The van der Waals surface area contributed by atoms with Crippen LogP contribution < -0.4 is 26.8 Å². The highest BCUT2D eigenvalue weighted by Crippen LogP contribution is 2.41. The maximum absolute atomic E-state index is 14.2. The number of nitrogens with zero attached hydrogens (tertiary/aromatic N) is 2. The van der Waals surface area contributed by atoms with Crippen molar-refractivity contribution in [2.45, 2.75) is 0 Å². The molecular weight excluding hydrogens is 475 g/mol. The van der Waals surface area contributed by atoms with E-state index in [-0.39, 0.29) is 12.3 Å². The molecule has 6 aromatic carbocycles. The average Bonchev–Trinajstić information content (AvgIpc) is 3.00. The predicted molar refractivity (Wildman–Crippen MR) is 164 cm³/mol. The highest BCUT2D eigenvalue weighted by Gasteiger charge is 2.42. The molecule has 2 aliphatic heterocycles. The molecule has 2 aliphatic rings. The highest BCUT2D eigenvalue weighted by atomic mass is 16.1. The van der Waals surface area contributed by atoms with Crippen molar-refractivity contribution in [1.82, 2.24) is 4.57 Å². The lowest BCUT2D eigenvalue weighted by Gasteiger charge is -2.41. The summed E-state index contributed by atoms with van der Waals surface area (Å²) in [7, 11) is 0. The Balaban J connectivity index is 1.56. The van der Waals surface area contributed by atoms with Crippen LogP contribution >= 0.6 is 0 Å². The Morgan fingerprint density at radius 2 is 1.15 bits per heavy atom. The minimum atomic E-state index is 0.00141. The predicted octanol–water partition coefficient (Wildman–Crippen LogP) is 5.91. The number of hydrogen-bond donors (Lipinski definition) is 0. The van der Waals surface area contributed by atoms with Gasteiger partial charge in [-0.15, -0.1) is 0 Å². The maximum atomic E-state index is 14.2. The zero-order valence-electron chi connectivity index (χ0n) is 21.0. The van der Waals surface area contributed by atoms with E-state index in [9.17, 15) is 4.79 Å². The first-order valence-electron chi connectivity index (χ1n) is 13.4. The van der Waals surface area contributed by atoms with Gasteiger partial charge in [0.15, 0.2) is 0 Å². The standard InChI is InChI=1S/C35H21BN2O/c39-35-27-15-7-6-14-25(27)26-19-21-31-33-34(26)38(35)29-17-9-8-16-28(29)36(33)32-24-13-5-4-10-22(24)18-20-30(32)37(31)23-11-2-1-3-12-23/h1-21H. The highest BCUT2D eigenvalue weighted by molar-refractivity contribution is 7.01. The number of pyridine rings is 1. The van der Waals surface area contributed by atoms with E-state index in [0.717, 1.165) is 38.7 Å². The van der Waals surface area contributed by atoms with Crippen LogP contribution in [0.25, 0.3) is 38.1 Å². The summed E-state index contributed by atoms with van der Waals surface area (Å²) in [5.41, 5.74) is 9.09. The van der Waals surface area contributed by atoms with E-state index in [1.807, 2.05) is 28.8 Å². The van der Waals surface area contributed by atoms with E-state index >= 15 is 0 Å². The molecule has 0 fully saturated rings. The maximum Gasteiger partial charge on any atom is 0.263 e. The Morgan fingerprint density at radius 1 is 0.487 bits per heavy atom. The second kappa shape index (κ2) is 7.49. The molecule has 4 heteroatoms. The van der Waals surface area contributed by atoms with E-state index in [4.69, 9.17) is 0 Å². The zero-order valence-corrected chi connectivity index (χ0v) is 21.0. The molecule has 0 spiro atoms. The van der Waals surface area contributed by atoms with Gasteiger partial charge in [0.1, 0.15) is 0 Å². The van der Waals surface area contributed by atoms with E-state index in [1.54, 1.807) is 0 Å². The van der Waals surface area contributed by atoms with Crippen LogP contribution in [0, 0.1) is 0 Å². The van der Waals surface area contributed by atoms with Crippen molar-refractivity contribution < 1.29 is 0 Å². The van der Waals surface area contributed by atoms with Crippen molar-refractivity contribution >= 4 is 72.6 Å². The number of fused-ring (bicyclic) bond motifs is 9. The van der Waals surface area contributed by atoms with Crippen LogP contribution in [0.5, 0.6) is 0 Å². The topological polar surface area (TPSA) is 25.2 Å². The number of hydrogen-bond acceptors (Lipinski definition) is 2.